The SMILES string of the molecule is CC(C)N(CC(=O)Nc1ccc(F)cc1)C(=O)c1cc2cc(Cl)ccc2o1. The fraction of sp³-hybridized carbons (Fsp3) is 0.200. The standard InChI is InChI=1S/C20H18ClFN2O3/c1-12(2)24(11-19(25)23-16-6-4-15(22)5-7-16)20(26)18-10-13-9-14(21)3-8-17(13)27-18/h3-10,12H,11H2,1-2H3,(H,23,25). The minimum absolute atomic E-state index is 0.135. The Balaban J connectivity index is 1.76. The largest absolute Gasteiger partial charge is 0.451 e. The van der Waals surface area contributed by atoms with Crippen LogP contribution in [0, 0.1) is 5.82 Å². The van der Waals surface area contributed by atoms with Crippen molar-refractivity contribution in [2.75, 3.05) is 11.9 Å². The number of anilines is 1. The van der Waals surface area contributed by atoms with Crippen molar-refractivity contribution < 1.29 is 18.4 Å². The molecule has 7 heteroatoms. The first-order valence-corrected chi connectivity index (χ1v) is 8.77. The Bertz CT molecular complexity index is 983. The van der Waals surface area contributed by atoms with Gasteiger partial charge in [0.25, 0.3) is 5.91 Å². The highest BCUT2D eigenvalue weighted by Gasteiger charge is 2.24. The van der Waals surface area contributed by atoms with Gasteiger partial charge in [-0.15, -0.1) is 0 Å². The van der Waals surface area contributed by atoms with E-state index in [0.717, 1.165) is 0 Å². The van der Waals surface area contributed by atoms with Gasteiger partial charge in [0.2, 0.25) is 5.91 Å². The van der Waals surface area contributed by atoms with Gasteiger partial charge in [-0.05, 0) is 62.4 Å². The van der Waals surface area contributed by atoms with Crippen molar-refractivity contribution in [2.24, 2.45) is 0 Å². The van der Waals surface area contributed by atoms with E-state index in [9.17, 15) is 14.0 Å². The van der Waals surface area contributed by atoms with Crippen LogP contribution in [0.1, 0.15) is 24.4 Å². The number of nitrogens with one attached hydrogen (secondary N) is 1. The average Bonchev–Trinajstić information content (AvgIpc) is 3.04. The van der Waals surface area contributed by atoms with Crippen LogP contribution in [0.5, 0.6) is 0 Å². The topological polar surface area (TPSA) is 62.6 Å². The van der Waals surface area contributed by atoms with Crippen molar-refractivity contribution in [3.8, 4) is 0 Å². The zero-order chi connectivity index (χ0) is 19.6. The molecule has 1 aromatic heterocycles. The molecule has 1 N–H and O–H groups in total. The Morgan fingerprint density at radius 2 is 1.85 bits per heavy atom. The number of benzene rings is 2. The van der Waals surface area contributed by atoms with Crippen LogP contribution in [-0.4, -0.2) is 29.3 Å². The first-order valence-electron chi connectivity index (χ1n) is 8.39. The molecule has 0 radical (unpaired) electrons. The van der Waals surface area contributed by atoms with E-state index in [4.69, 9.17) is 16.0 Å². The molecule has 0 spiro atoms. The van der Waals surface area contributed by atoms with E-state index in [1.54, 1.807) is 24.3 Å². The molecule has 5 nitrogen and oxygen atoms in total. The smallest absolute Gasteiger partial charge is 0.290 e. The summed E-state index contributed by atoms with van der Waals surface area (Å²) >= 11 is 5.96. The lowest BCUT2D eigenvalue weighted by atomic mass is 10.2. The summed E-state index contributed by atoms with van der Waals surface area (Å²) < 4.78 is 18.6. The van der Waals surface area contributed by atoms with Gasteiger partial charge in [-0.1, -0.05) is 11.6 Å². The number of nitrogens with zero attached hydrogens (tertiary/aromatic N) is 1. The molecule has 0 fully saturated rings. The van der Waals surface area contributed by atoms with Crippen molar-refractivity contribution in [3.05, 3.63) is 65.1 Å². The van der Waals surface area contributed by atoms with Crippen LogP contribution in [0.3, 0.4) is 0 Å². The normalized spacial score (nSPS) is 11.0. The lowest BCUT2D eigenvalue weighted by molar-refractivity contribution is -0.117. The van der Waals surface area contributed by atoms with E-state index in [0.29, 0.717) is 21.7 Å². The average molecular weight is 389 g/mol. The molecule has 0 saturated heterocycles. The molecular formula is C20H18ClFN2O3. The summed E-state index contributed by atoms with van der Waals surface area (Å²) in [5, 5.41) is 3.90. The van der Waals surface area contributed by atoms with Crippen molar-refractivity contribution >= 4 is 40.1 Å². The van der Waals surface area contributed by atoms with E-state index < -0.39 is 11.7 Å². The van der Waals surface area contributed by atoms with Crippen LogP contribution in [0.15, 0.2) is 52.9 Å². The zero-order valence-electron chi connectivity index (χ0n) is 14.8. The highest BCUT2D eigenvalue weighted by molar-refractivity contribution is 6.31. The number of carbonyl (C=O) groups excluding carboxylic acids is 2. The summed E-state index contributed by atoms with van der Waals surface area (Å²) in [6.07, 6.45) is 0. The second-order valence-corrected chi connectivity index (χ2v) is 6.81. The summed E-state index contributed by atoms with van der Waals surface area (Å²) in [5.74, 6) is -1.04. The monoisotopic (exact) mass is 388 g/mol. The molecule has 0 saturated carbocycles. The van der Waals surface area contributed by atoms with Gasteiger partial charge in [0, 0.05) is 22.1 Å². The molecule has 0 bridgehead atoms. The number of furan rings is 1. The summed E-state index contributed by atoms with van der Waals surface area (Å²) in [4.78, 5) is 26.6. The molecule has 0 aliphatic rings. The van der Waals surface area contributed by atoms with Crippen molar-refractivity contribution in [2.45, 2.75) is 19.9 Å². The molecule has 3 aromatic rings. The number of hydrogen-bond acceptors (Lipinski definition) is 3. The number of carbonyl (C=O) groups is 2. The number of hydrogen-bond donors (Lipinski definition) is 1. The summed E-state index contributed by atoms with van der Waals surface area (Å²) in [5.41, 5.74) is 0.998. The van der Waals surface area contributed by atoms with Gasteiger partial charge in [-0.3, -0.25) is 9.59 Å². The van der Waals surface area contributed by atoms with Crippen molar-refractivity contribution in [3.63, 3.8) is 0 Å². The first-order chi connectivity index (χ1) is 12.8. The highest BCUT2D eigenvalue weighted by Crippen LogP contribution is 2.24. The van der Waals surface area contributed by atoms with Gasteiger partial charge < -0.3 is 14.6 Å². The van der Waals surface area contributed by atoms with Crippen LogP contribution >= 0.6 is 11.6 Å². The molecule has 0 aliphatic carbocycles. The molecule has 0 atom stereocenters. The Kier molecular flexibility index (Phi) is 5.46. The molecule has 0 unspecified atom stereocenters. The van der Waals surface area contributed by atoms with E-state index >= 15 is 0 Å². The van der Waals surface area contributed by atoms with E-state index in [1.807, 2.05) is 13.8 Å². The van der Waals surface area contributed by atoms with E-state index in [-0.39, 0.29) is 24.3 Å². The molecule has 0 aliphatic heterocycles. The zero-order valence-corrected chi connectivity index (χ0v) is 15.6. The fourth-order valence-electron chi connectivity index (χ4n) is 2.64. The summed E-state index contributed by atoms with van der Waals surface area (Å²) in [7, 11) is 0. The maximum atomic E-state index is 13.0. The third-order valence-corrected chi connectivity index (χ3v) is 4.25. The predicted octanol–water partition coefficient (Wildman–Crippen LogP) is 4.71. The number of rotatable bonds is 5. The van der Waals surface area contributed by atoms with Gasteiger partial charge in [-0.2, -0.15) is 0 Å². The van der Waals surface area contributed by atoms with Gasteiger partial charge in [-0.25, -0.2) is 4.39 Å². The van der Waals surface area contributed by atoms with Gasteiger partial charge in [0.05, 0.1) is 0 Å². The quantitative estimate of drug-likeness (QED) is 0.688. The maximum Gasteiger partial charge on any atom is 0.290 e. The Labute approximate surface area is 160 Å². The van der Waals surface area contributed by atoms with E-state index in [1.165, 1.54) is 29.2 Å². The second-order valence-electron chi connectivity index (χ2n) is 6.37. The van der Waals surface area contributed by atoms with Crippen LogP contribution in [0.2, 0.25) is 5.02 Å². The fourth-order valence-corrected chi connectivity index (χ4v) is 2.82. The van der Waals surface area contributed by atoms with Crippen molar-refractivity contribution in [1.82, 2.24) is 4.90 Å². The third-order valence-electron chi connectivity index (χ3n) is 4.02. The van der Waals surface area contributed by atoms with Gasteiger partial charge in [0.15, 0.2) is 5.76 Å². The number of amides is 2. The minimum atomic E-state index is -0.397. The van der Waals surface area contributed by atoms with Crippen LogP contribution in [0.25, 0.3) is 11.0 Å². The van der Waals surface area contributed by atoms with Crippen LogP contribution in [-0.2, 0) is 4.79 Å². The number of halogens is 2. The first kappa shape index (κ1) is 18.9. The molecule has 2 amide bonds. The predicted molar refractivity (Wildman–Crippen MR) is 102 cm³/mol. The summed E-state index contributed by atoms with van der Waals surface area (Å²) in [6.45, 7) is 3.46. The molecule has 140 valence electrons. The van der Waals surface area contributed by atoms with Crippen LogP contribution < -0.4 is 5.32 Å². The Morgan fingerprint density at radius 3 is 2.52 bits per heavy atom. The second kappa shape index (κ2) is 7.80. The lowest BCUT2D eigenvalue weighted by Gasteiger charge is -2.25. The third kappa shape index (κ3) is 4.46. The van der Waals surface area contributed by atoms with Gasteiger partial charge >= 0.3 is 0 Å². The lowest BCUT2D eigenvalue weighted by Crippen LogP contribution is -2.42. The molecule has 2 aromatic carbocycles. The molecule has 27 heavy (non-hydrogen) atoms. The Hall–Kier alpha value is -2.86. The highest BCUT2D eigenvalue weighted by atomic mass is 35.5. The van der Waals surface area contributed by atoms with E-state index in [2.05, 4.69) is 5.32 Å². The van der Waals surface area contributed by atoms with Crippen LogP contribution in [0.4, 0.5) is 10.1 Å². The molecule has 3 rings (SSSR count). The minimum Gasteiger partial charge on any atom is -0.451 e. The Morgan fingerprint density at radius 1 is 1.15 bits per heavy atom. The molecule has 1 heterocycles. The number of fused-ring (bicyclic) bond motifs is 1. The summed E-state index contributed by atoms with van der Waals surface area (Å²) in [6, 6.07) is 11.9. The molecular weight excluding hydrogens is 371 g/mol. The van der Waals surface area contributed by atoms with Crippen molar-refractivity contribution in [1.29, 1.82) is 0 Å². The van der Waals surface area contributed by atoms with Gasteiger partial charge in [0.1, 0.15) is 17.9 Å². The maximum absolute atomic E-state index is 13.0.